The minimum absolute atomic E-state index is 0.293. The molecule has 4 heteroatoms. The first kappa shape index (κ1) is 9.94. The van der Waals surface area contributed by atoms with Crippen LogP contribution in [0.3, 0.4) is 0 Å². The molecule has 1 saturated heterocycles. The van der Waals surface area contributed by atoms with Gasteiger partial charge >= 0.3 is 0 Å². The molecular weight excluding hydrogens is 190 g/mol. The molecule has 1 fully saturated rings. The van der Waals surface area contributed by atoms with E-state index in [2.05, 4.69) is 11.1 Å². The van der Waals surface area contributed by atoms with Crippen LogP contribution in [-0.4, -0.2) is 29.3 Å². The third-order valence-corrected chi connectivity index (χ3v) is 2.71. The monoisotopic (exact) mass is 203 g/mol. The van der Waals surface area contributed by atoms with Gasteiger partial charge in [-0.05, 0) is 25.0 Å². The summed E-state index contributed by atoms with van der Waals surface area (Å²) in [5, 5.41) is 18.5. The molecule has 15 heavy (non-hydrogen) atoms. The molecule has 1 unspecified atom stereocenters. The Morgan fingerprint density at radius 2 is 2.47 bits per heavy atom. The predicted molar refractivity (Wildman–Crippen MR) is 56.5 cm³/mol. The first-order valence-corrected chi connectivity index (χ1v) is 5.01. The van der Waals surface area contributed by atoms with E-state index in [-0.39, 0.29) is 6.10 Å². The van der Waals surface area contributed by atoms with Gasteiger partial charge < -0.3 is 10.0 Å². The number of hydrogen-bond acceptors (Lipinski definition) is 4. The quantitative estimate of drug-likeness (QED) is 0.734. The normalized spacial score (nSPS) is 20.3. The minimum Gasteiger partial charge on any atom is -0.391 e. The van der Waals surface area contributed by atoms with E-state index in [0.717, 1.165) is 18.5 Å². The van der Waals surface area contributed by atoms with Crippen LogP contribution in [0, 0.1) is 18.3 Å². The Kier molecular flexibility index (Phi) is 2.57. The molecular formula is C11H13N3O. The van der Waals surface area contributed by atoms with Gasteiger partial charge in [0, 0.05) is 19.3 Å². The number of anilines is 1. The van der Waals surface area contributed by atoms with E-state index >= 15 is 0 Å². The molecule has 0 saturated carbocycles. The van der Waals surface area contributed by atoms with Gasteiger partial charge in [0.1, 0.15) is 11.9 Å². The molecule has 1 aromatic rings. The predicted octanol–water partition coefficient (Wildman–Crippen LogP) is 0.833. The second-order valence-corrected chi connectivity index (χ2v) is 3.83. The fraction of sp³-hybridized carbons (Fsp3) is 0.455. The fourth-order valence-electron chi connectivity index (χ4n) is 1.86. The van der Waals surface area contributed by atoms with Crippen LogP contribution in [0.4, 0.5) is 5.82 Å². The molecule has 0 spiro atoms. The average Bonchev–Trinajstić information content (AvgIpc) is 2.64. The minimum atomic E-state index is -0.293. The van der Waals surface area contributed by atoms with Gasteiger partial charge in [0.2, 0.25) is 0 Å². The summed E-state index contributed by atoms with van der Waals surface area (Å²) in [5.74, 6) is 0.703. The van der Waals surface area contributed by atoms with Gasteiger partial charge in [-0.2, -0.15) is 5.26 Å². The molecule has 2 rings (SSSR count). The van der Waals surface area contributed by atoms with E-state index in [0.29, 0.717) is 17.9 Å². The highest BCUT2D eigenvalue weighted by atomic mass is 16.3. The highest BCUT2D eigenvalue weighted by Gasteiger charge is 2.23. The zero-order valence-electron chi connectivity index (χ0n) is 8.64. The van der Waals surface area contributed by atoms with Crippen molar-refractivity contribution in [3.8, 4) is 6.07 Å². The molecule has 0 radical (unpaired) electrons. The summed E-state index contributed by atoms with van der Waals surface area (Å²) in [7, 11) is 0. The lowest BCUT2D eigenvalue weighted by Gasteiger charge is -2.18. The van der Waals surface area contributed by atoms with Crippen LogP contribution in [0.2, 0.25) is 0 Å². The lowest BCUT2D eigenvalue weighted by atomic mass is 10.1. The molecule has 1 atom stereocenters. The number of β-amino-alcohol motifs (C(OH)–C–C–N with tert-alkyl or cyclic N) is 1. The smallest absolute Gasteiger partial charge is 0.146 e. The van der Waals surface area contributed by atoms with Crippen LogP contribution in [0.15, 0.2) is 12.3 Å². The van der Waals surface area contributed by atoms with Crippen molar-refractivity contribution in [2.24, 2.45) is 0 Å². The number of rotatable bonds is 1. The zero-order valence-corrected chi connectivity index (χ0v) is 8.64. The third kappa shape index (κ3) is 1.79. The Bertz CT molecular complexity index is 411. The molecule has 1 N–H and O–H groups in total. The van der Waals surface area contributed by atoms with Crippen LogP contribution in [0.1, 0.15) is 17.5 Å². The van der Waals surface area contributed by atoms with E-state index < -0.39 is 0 Å². The first-order chi connectivity index (χ1) is 7.22. The number of pyridine rings is 1. The molecule has 0 aromatic carbocycles. The van der Waals surface area contributed by atoms with Gasteiger partial charge in [-0.25, -0.2) is 4.98 Å². The third-order valence-electron chi connectivity index (χ3n) is 2.71. The molecule has 0 aliphatic carbocycles. The molecule has 2 heterocycles. The number of aromatic nitrogens is 1. The summed E-state index contributed by atoms with van der Waals surface area (Å²) in [5.41, 5.74) is 1.55. The van der Waals surface area contributed by atoms with Crippen molar-refractivity contribution in [3.63, 3.8) is 0 Å². The summed E-state index contributed by atoms with van der Waals surface area (Å²) >= 11 is 0. The number of nitriles is 1. The number of hydrogen-bond donors (Lipinski definition) is 1. The van der Waals surface area contributed by atoms with Crippen LogP contribution in [0.5, 0.6) is 0 Å². The molecule has 0 bridgehead atoms. The maximum absolute atomic E-state index is 9.44. The van der Waals surface area contributed by atoms with Gasteiger partial charge in [0.15, 0.2) is 0 Å². The Morgan fingerprint density at radius 3 is 3.07 bits per heavy atom. The van der Waals surface area contributed by atoms with Gasteiger partial charge in [-0.3, -0.25) is 0 Å². The summed E-state index contributed by atoms with van der Waals surface area (Å²) in [6.07, 6.45) is 2.16. The lowest BCUT2D eigenvalue weighted by molar-refractivity contribution is 0.198. The van der Waals surface area contributed by atoms with Crippen LogP contribution in [-0.2, 0) is 0 Å². The Balaban J connectivity index is 2.36. The molecule has 0 amide bonds. The summed E-state index contributed by atoms with van der Waals surface area (Å²) < 4.78 is 0. The lowest BCUT2D eigenvalue weighted by Crippen LogP contribution is -2.23. The van der Waals surface area contributed by atoms with Crippen molar-refractivity contribution in [1.82, 2.24) is 4.98 Å². The zero-order chi connectivity index (χ0) is 10.8. The molecule has 1 aromatic heterocycles. The standard InChI is InChI=1S/C11H13N3O/c1-8-2-4-13-11(10(8)6-12)14-5-3-9(15)7-14/h2,4,9,15H,3,5,7H2,1H3. The number of aryl methyl sites for hydroxylation is 1. The average molecular weight is 203 g/mol. The second kappa shape index (κ2) is 3.87. The van der Waals surface area contributed by atoms with Crippen LogP contribution >= 0.6 is 0 Å². The van der Waals surface area contributed by atoms with E-state index in [4.69, 9.17) is 5.26 Å². The van der Waals surface area contributed by atoms with E-state index in [1.807, 2.05) is 17.9 Å². The molecule has 1 aliphatic rings. The molecule has 1 aliphatic heterocycles. The maximum atomic E-state index is 9.44. The van der Waals surface area contributed by atoms with E-state index in [1.165, 1.54) is 0 Å². The van der Waals surface area contributed by atoms with Crippen molar-refractivity contribution in [2.75, 3.05) is 18.0 Å². The van der Waals surface area contributed by atoms with Crippen molar-refractivity contribution < 1.29 is 5.11 Å². The van der Waals surface area contributed by atoms with Crippen LogP contribution < -0.4 is 4.90 Å². The van der Waals surface area contributed by atoms with E-state index in [1.54, 1.807) is 6.20 Å². The molecule has 4 nitrogen and oxygen atoms in total. The molecule has 78 valence electrons. The Hall–Kier alpha value is -1.60. The fourth-order valence-corrected chi connectivity index (χ4v) is 1.86. The van der Waals surface area contributed by atoms with Gasteiger partial charge in [0.05, 0.1) is 11.7 Å². The highest BCUT2D eigenvalue weighted by molar-refractivity contribution is 5.57. The van der Waals surface area contributed by atoms with Crippen molar-refractivity contribution in [3.05, 3.63) is 23.4 Å². The van der Waals surface area contributed by atoms with Crippen molar-refractivity contribution in [1.29, 1.82) is 5.26 Å². The highest BCUT2D eigenvalue weighted by Crippen LogP contribution is 2.23. The summed E-state index contributed by atoms with van der Waals surface area (Å²) in [6.45, 7) is 3.24. The topological polar surface area (TPSA) is 60.1 Å². The Labute approximate surface area is 88.8 Å². The van der Waals surface area contributed by atoms with Crippen molar-refractivity contribution in [2.45, 2.75) is 19.4 Å². The number of nitrogens with zero attached hydrogens (tertiary/aromatic N) is 3. The summed E-state index contributed by atoms with van der Waals surface area (Å²) in [4.78, 5) is 6.19. The number of aliphatic hydroxyl groups excluding tert-OH is 1. The van der Waals surface area contributed by atoms with Gasteiger partial charge in [-0.15, -0.1) is 0 Å². The second-order valence-electron chi connectivity index (χ2n) is 3.83. The maximum Gasteiger partial charge on any atom is 0.146 e. The van der Waals surface area contributed by atoms with Gasteiger partial charge in [-0.1, -0.05) is 0 Å². The Morgan fingerprint density at radius 1 is 1.67 bits per heavy atom. The van der Waals surface area contributed by atoms with Gasteiger partial charge in [0.25, 0.3) is 0 Å². The largest absolute Gasteiger partial charge is 0.391 e. The van der Waals surface area contributed by atoms with Crippen molar-refractivity contribution >= 4 is 5.82 Å². The van der Waals surface area contributed by atoms with Crippen LogP contribution in [0.25, 0.3) is 0 Å². The first-order valence-electron chi connectivity index (χ1n) is 5.01. The SMILES string of the molecule is Cc1ccnc(N2CCC(O)C2)c1C#N. The van der Waals surface area contributed by atoms with E-state index in [9.17, 15) is 5.11 Å². The summed E-state index contributed by atoms with van der Waals surface area (Å²) in [6, 6.07) is 4.00. The number of aliphatic hydroxyl groups is 1.